The molecule has 0 N–H and O–H groups in total. The SMILES string of the molecule is CC(=O)OC[C@@H]1C[C@@H]2C(=O)[C@H]3CC[C@H]3[C@H]12. The van der Waals surface area contributed by atoms with Gasteiger partial charge in [-0.2, -0.15) is 0 Å². The second-order valence-electron chi connectivity index (χ2n) is 5.23. The molecule has 3 saturated carbocycles. The van der Waals surface area contributed by atoms with Crippen LogP contribution in [0.3, 0.4) is 0 Å². The third kappa shape index (κ3) is 1.18. The van der Waals surface area contributed by atoms with Crippen molar-refractivity contribution in [1.29, 1.82) is 0 Å². The highest BCUT2D eigenvalue weighted by Crippen LogP contribution is 2.61. The molecule has 0 bridgehead atoms. The van der Waals surface area contributed by atoms with Crippen LogP contribution in [0.2, 0.25) is 0 Å². The summed E-state index contributed by atoms with van der Waals surface area (Å²) in [6, 6.07) is 0. The maximum absolute atomic E-state index is 11.8. The molecule has 15 heavy (non-hydrogen) atoms. The van der Waals surface area contributed by atoms with E-state index in [0.717, 1.165) is 12.8 Å². The van der Waals surface area contributed by atoms with E-state index in [1.54, 1.807) is 0 Å². The van der Waals surface area contributed by atoms with E-state index >= 15 is 0 Å². The van der Waals surface area contributed by atoms with E-state index in [0.29, 0.717) is 42.0 Å². The maximum Gasteiger partial charge on any atom is 0.302 e. The van der Waals surface area contributed by atoms with Crippen molar-refractivity contribution in [2.24, 2.45) is 29.6 Å². The van der Waals surface area contributed by atoms with Crippen LogP contribution in [0.4, 0.5) is 0 Å². The molecule has 0 amide bonds. The number of fused-ring (bicyclic) bond motifs is 3. The number of hydrogen-bond acceptors (Lipinski definition) is 3. The summed E-state index contributed by atoms with van der Waals surface area (Å²) < 4.78 is 5.05. The minimum Gasteiger partial charge on any atom is -0.466 e. The maximum atomic E-state index is 11.8. The number of ether oxygens (including phenoxy) is 1. The summed E-state index contributed by atoms with van der Waals surface area (Å²) >= 11 is 0. The van der Waals surface area contributed by atoms with E-state index in [1.807, 2.05) is 0 Å². The molecule has 0 spiro atoms. The van der Waals surface area contributed by atoms with Crippen molar-refractivity contribution < 1.29 is 14.3 Å². The van der Waals surface area contributed by atoms with Crippen LogP contribution >= 0.6 is 0 Å². The Bertz CT molecular complexity index is 321. The Morgan fingerprint density at radius 1 is 1.40 bits per heavy atom. The van der Waals surface area contributed by atoms with Crippen LogP contribution in [0.1, 0.15) is 26.2 Å². The number of hydrogen-bond donors (Lipinski definition) is 0. The second kappa shape index (κ2) is 3.06. The van der Waals surface area contributed by atoms with Gasteiger partial charge in [-0.3, -0.25) is 9.59 Å². The minimum absolute atomic E-state index is 0.201. The lowest BCUT2D eigenvalue weighted by molar-refractivity contribution is -0.146. The van der Waals surface area contributed by atoms with Gasteiger partial charge in [0, 0.05) is 18.8 Å². The number of carbonyl (C=O) groups is 2. The van der Waals surface area contributed by atoms with Crippen LogP contribution in [0.15, 0.2) is 0 Å². The van der Waals surface area contributed by atoms with Gasteiger partial charge in [-0.25, -0.2) is 0 Å². The van der Waals surface area contributed by atoms with Crippen LogP contribution in [-0.2, 0) is 14.3 Å². The summed E-state index contributed by atoms with van der Waals surface area (Å²) in [5.74, 6) is 2.67. The summed E-state index contributed by atoms with van der Waals surface area (Å²) in [4.78, 5) is 22.5. The zero-order chi connectivity index (χ0) is 10.6. The molecule has 5 atom stereocenters. The van der Waals surface area contributed by atoms with E-state index in [9.17, 15) is 9.59 Å². The number of rotatable bonds is 2. The molecule has 82 valence electrons. The Morgan fingerprint density at radius 2 is 2.20 bits per heavy atom. The minimum atomic E-state index is -0.201. The molecular formula is C12H16O3. The van der Waals surface area contributed by atoms with Crippen LogP contribution in [0.25, 0.3) is 0 Å². The van der Waals surface area contributed by atoms with Crippen molar-refractivity contribution >= 4 is 11.8 Å². The monoisotopic (exact) mass is 208 g/mol. The average molecular weight is 208 g/mol. The van der Waals surface area contributed by atoms with Crippen molar-refractivity contribution in [1.82, 2.24) is 0 Å². The third-order valence-electron chi connectivity index (χ3n) is 4.62. The number of ketones is 1. The lowest BCUT2D eigenvalue weighted by Crippen LogP contribution is -2.42. The number of Topliss-reactive ketones (excluding diaryl/α,β-unsaturated/α-hetero) is 1. The van der Waals surface area contributed by atoms with Crippen molar-refractivity contribution in [2.45, 2.75) is 26.2 Å². The van der Waals surface area contributed by atoms with Crippen molar-refractivity contribution in [2.75, 3.05) is 6.61 Å². The first kappa shape index (κ1) is 9.37. The molecule has 3 nitrogen and oxygen atoms in total. The fourth-order valence-electron chi connectivity index (χ4n) is 3.75. The average Bonchev–Trinajstić information content (AvgIpc) is 2.21. The summed E-state index contributed by atoms with van der Waals surface area (Å²) in [5.41, 5.74) is 0. The molecule has 3 aliphatic carbocycles. The van der Waals surface area contributed by atoms with E-state index in [1.165, 1.54) is 13.3 Å². The van der Waals surface area contributed by atoms with Crippen molar-refractivity contribution in [3.63, 3.8) is 0 Å². The third-order valence-corrected chi connectivity index (χ3v) is 4.62. The molecule has 3 fully saturated rings. The second-order valence-corrected chi connectivity index (χ2v) is 5.23. The highest BCUT2D eigenvalue weighted by atomic mass is 16.5. The number of esters is 1. The largest absolute Gasteiger partial charge is 0.466 e. The Hall–Kier alpha value is -0.860. The van der Waals surface area contributed by atoms with E-state index < -0.39 is 0 Å². The van der Waals surface area contributed by atoms with Gasteiger partial charge in [-0.1, -0.05) is 0 Å². The van der Waals surface area contributed by atoms with Gasteiger partial charge in [0.15, 0.2) is 0 Å². The van der Waals surface area contributed by atoms with Gasteiger partial charge in [0.2, 0.25) is 0 Å². The van der Waals surface area contributed by atoms with Crippen molar-refractivity contribution in [3.8, 4) is 0 Å². The summed E-state index contributed by atoms with van der Waals surface area (Å²) in [6.07, 6.45) is 3.29. The fraction of sp³-hybridized carbons (Fsp3) is 0.833. The predicted octanol–water partition coefficient (Wildman–Crippen LogP) is 1.41. The van der Waals surface area contributed by atoms with Crippen molar-refractivity contribution in [3.05, 3.63) is 0 Å². The highest BCUT2D eigenvalue weighted by Gasteiger charge is 2.61. The normalized spacial score (nSPS) is 46.2. The predicted molar refractivity (Wildman–Crippen MR) is 52.9 cm³/mol. The molecule has 0 aliphatic heterocycles. The van der Waals surface area contributed by atoms with Gasteiger partial charge < -0.3 is 4.74 Å². The lowest BCUT2D eigenvalue weighted by Gasteiger charge is -2.44. The molecule has 0 unspecified atom stereocenters. The topological polar surface area (TPSA) is 43.4 Å². The Morgan fingerprint density at radius 3 is 2.80 bits per heavy atom. The molecule has 3 heteroatoms. The van der Waals surface area contributed by atoms with Crippen LogP contribution in [0.5, 0.6) is 0 Å². The smallest absolute Gasteiger partial charge is 0.302 e. The molecule has 0 aromatic heterocycles. The first-order valence-corrected chi connectivity index (χ1v) is 5.85. The molecule has 0 aromatic carbocycles. The van der Waals surface area contributed by atoms with Gasteiger partial charge in [0.25, 0.3) is 0 Å². The Kier molecular flexibility index (Phi) is 1.91. The molecular weight excluding hydrogens is 192 g/mol. The molecule has 0 radical (unpaired) electrons. The first-order chi connectivity index (χ1) is 7.18. The summed E-state index contributed by atoms with van der Waals surface area (Å²) in [5, 5.41) is 0. The van der Waals surface area contributed by atoms with Gasteiger partial charge in [0.1, 0.15) is 5.78 Å². The Balaban J connectivity index is 1.63. The fourth-order valence-corrected chi connectivity index (χ4v) is 3.75. The van der Waals surface area contributed by atoms with E-state index in [4.69, 9.17) is 4.74 Å². The van der Waals surface area contributed by atoms with E-state index in [-0.39, 0.29) is 5.97 Å². The van der Waals surface area contributed by atoms with Gasteiger partial charge >= 0.3 is 5.97 Å². The van der Waals surface area contributed by atoms with Crippen LogP contribution < -0.4 is 0 Å². The summed E-state index contributed by atoms with van der Waals surface area (Å²) in [7, 11) is 0. The zero-order valence-electron chi connectivity index (χ0n) is 8.94. The van der Waals surface area contributed by atoms with Gasteiger partial charge in [-0.15, -0.1) is 0 Å². The Labute approximate surface area is 89.2 Å². The lowest BCUT2D eigenvalue weighted by atomic mass is 9.61. The quantitative estimate of drug-likeness (QED) is 0.644. The van der Waals surface area contributed by atoms with Gasteiger partial charge in [0.05, 0.1) is 6.61 Å². The van der Waals surface area contributed by atoms with Gasteiger partial charge in [-0.05, 0) is 37.0 Å². The summed E-state index contributed by atoms with van der Waals surface area (Å²) in [6.45, 7) is 1.98. The molecule has 3 rings (SSSR count). The molecule has 0 aromatic rings. The molecule has 3 aliphatic rings. The number of carbonyl (C=O) groups excluding carboxylic acids is 2. The highest BCUT2D eigenvalue weighted by molar-refractivity contribution is 5.88. The zero-order valence-corrected chi connectivity index (χ0v) is 8.94. The molecule has 0 saturated heterocycles. The van der Waals surface area contributed by atoms with Crippen LogP contribution in [-0.4, -0.2) is 18.4 Å². The van der Waals surface area contributed by atoms with Crippen LogP contribution in [0, 0.1) is 29.6 Å². The molecule has 0 heterocycles. The van der Waals surface area contributed by atoms with E-state index in [2.05, 4.69) is 0 Å². The standard InChI is InChI=1S/C12H16O3/c1-6(13)15-5-7-4-10-11(7)8-2-3-9(8)12(10)14/h7-11H,2-5H2,1H3/t7-,8+,9-,10-,11-/m0/s1. The first-order valence-electron chi connectivity index (χ1n) is 5.85.